The van der Waals surface area contributed by atoms with E-state index in [1.807, 2.05) is 0 Å². The van der Waals surface area contributed by atoms with Gasteiger partial charge in [-0.05, 0) is 13.3 Å². The summed E-state index contributed by atoms with van der Waals surface area (Å²) in [4.78, 5) is 14.8. The van der Waals surface area contributed by atoms with E-state index < -0.39 is 6.67 Å². The quantitative estimate of drug-likeness (QED) is 0.675. The summed E-state index contributed by atoms with van der Waals surface area (Å²) in [7, 11) is 0. The van der Waals surface area contributed by atoms with Crippen LogP contribution in [0.1, 0.15) is 12.1 Å². The monoisotopic (exact) mass is 170 g/mol. The number of hydrogen-bond acceptors (Lipinski definition) is 2. The van der Waals surface area contributed by atoms with Gasteiger partial charge in [0.25, 0.3) is 5.56 Å². The summed E-state index contributed by atoms with van der Waals surface area (Å²) in [5.74, 6) is 0. The molecule has 1 heterocycles. The molecule has 0 aromatic carbocycles. The third-order valence-electron chi connectivity index (χ3n) is 1.65. The maximum Gasteiger partial charge on any atom is 0.269 e. The molecule has 1 aromatic rings. The number of aromatic nitrogens is 2. The van der Waals surface area contributed by atoms with Gasteiger partial charge in [-0.1, -0.05) is 0 Å². The summed E-state index contributed by atoms with van der Waals surface area (Å²) in [5.41, 5.74) is 0.611. The fourth-order valence-electron chi connectivity index (χ4n) is 1.03. The lowest BCUT2D eigenvalue weighted by Crippen LogP contribution is -2.22. The molecule has 0 atom stereocenters. The first-order valence-electron chi connectivity index (χ1n) is 3.83. The van der Waals surface area contributed by atoms with Crippen molar-refractivity contribution < 1.29 is 4.39 Å². The van der Waals surface area contributed by atoms with Gasteiger partial charge in [0.15, 0.2) is 0 Å². The molecule has 3 nitrogen and oxygen atoms in total. The van der Waals surface area contributed by atoms with Gasteiger partial charge in [0.1, 0.15) is 0 Å². The molecule has 66 valence electrons. The third kappa shape index (κ3) is 1.90. The average molecular weight is 170 g/mol. The van der Waals surface area contributed by atoms with Gasteiger partial charge in [-0.3, -0.25) is 14.2 Å². The van der Waals surface area contributed by atoms with Crippen LogP contribution in [-0.2, 0) is 6.54 Å². The van der Waals surface area contributed by atoms with Crippen molar-refractivity contribution in [2.45, 2.75) is 19.9 Å². The van der Waals surface area contributed by atoms with Crippen LogP contribution in [0.15, 0.2) is 17.2 Å². The predicted molar refractivity (Wildman–Crippen MR) is 43.8 cm³/mol. The second-order valence-electron chi connectivity index (χ2n) is 2.58. The Kier molecular flexibility index (Phi) is 2.96. The number of hydrogen-bond donors (Lipinski definition) is 0. The van der Waals surface area contributed by atoms with E-state index >= 15 is 0 Å². The summed E-state index contributed by atoms with van der Waals surface area (Å²) in [6.45, 7) is 1.82. The molecule has 0 spiro atoms. The van der Waals surface area contributed by atoms with Crippen LogP contribution in [-0.4, -0.2) is 16.2 Å². The molecule has 1 aromatic heterocycles. The highest BCUT2D eigenvalue weighted by Crippen LogP contribution is 1.93. The minimum atomic E-state index is -0.395. The van der Waals surface area contributed by atoms with E-state index in [9.17, 15) is 9.18 Å². The van der Waals surface area contributed by atoms with E-state index in [1.165, 1.54) is 10.8 Å². The molecule has 0 aliphatic heterocycles. The summed E-state index contributed by atoms with van der Waals surface area (Å²) in [6, 6.07) is 0. The van der Waals surface area contributed by atoms with Crippen molar-refractivity contribution in [2.24, 2.45) is 0 Å². The van der Waals surface area contributed by atoms with Crippen LogP contribution in [0, 0.1) is 6.92 Å². The molecule has 1 rings (SSSR count). The fraction of sp³-hybridized carbons (Fsp3) is 0.500. The minimum Gasteiger partial charge on any atom is -0.310 e. The molecule has 0 N–H and O–H groups in total. The molecule has 0 radical (unpaired) electrons. The molecule has 0 unspecified atom stereocenters. The molecule has 0 amide bonds. The Hall–Kier alpha value is -1.19. The van der Waals surface area contributed by atoms with Gasteiger partial charge >= 0.3 is 0 Å². The third-order valence-corrected chi connectivity index (χ3v) is 1.65. The number of nitrogens with zero attached hydrogens (tertiary/aromatic N) is 2. The molecule has 0 saturated heterocycles. The van der Waals surface area contributed by atoms with Crippen molar-refractivity contribution in [3.63, 3.8) is 0 Å². The first-order chi connectivity index (χ1) is 5.75. The van der Waals surface area contributed by atoms with Gasteiger partial charge < -0.3 is 4.57 Å². The Morgan fingerprint density at radius 1 is 1.58 bits per heavy atom. The number of rotatable bonds is 3. The van der Waals surface area contributed by atoms with Crippen LogP contribution in [0.25, 0.3) is 0 Å². The molecule has 0 aliphatic rings. The first-order valence-corrected chi connectivity index (χ1v) is 3.83. The van der Waals surface area contributed by atoms with Crippen LogP contribution in [0.5, 0.6) is 0 Å². The lowest BCUT2D eigenvalue weighted by Gasteiger charge is -2.05. The van der Waals surface area contributed by atoms with Gasteiger partial charge in [0.05, 0.1) is 12.9 Å². The summed E-state index contributed by atoms with van der Waals surface area (Å²) >= 11 is 0. The second kappa shape index (κ2) is 3.99. The summed E-state index contributed by atoms with van der Waals surface area (Å²) < 4.78 is 13.3. The fourth-order valence-corrected chi connectivity index (χ4v) is 1.03. The van der Waals surface area contributed by atoms with Crippen LogP contribution < -0.4 is 5.56 Å². The Balaban J connectivity index is 2.89. The Labute approximate surface area is 69.9 Å². The zero-order chi connectivity index (χ0) is 8.97. The zero-order valence-corrected chi connectivity index (χ0v) is 6.96. The van der Waals surface area contributed by atoms with Gasteiger partial charge in [-0.2, -0.15) is 0 Å². The van der Waals surface area contributed by atoms with Gasteiger partial charge in [0, 0.05) is 18.4 Å². The van der Waals surface area contributed by atoms with Crippen molar-refractivity contribution in [3.8, 4) is 0 Å². The van der Waals surface area contributed by atoms with E-state index in [0.29, 0.717) is 13.0 Å². The van der Waals surface area contributed by atoms with Crippen molar-refractivity contribution in [1.29, 1.82) is 0 Å². The predicted octanol–water partition coefficient (Wildman–Crippen LogP) is 0.911. The SMILES string of the molecule is Cc1cncc(=O)n1CCCF. The highest BCUT2D eigenvalue weighted by molar-refractivity contribution is 4.95. The van der Waals surface area contributed by atoms with Crippen molar-refractivity contribution in [2.75, 3.05) is 6.67 Å². The summed E-state index contributed by atoms with van der Waals surface area (Å²) in [5, 5.41) is 0. The minimum absolute atomic E-state index is 0.163. The van der Waals surface area contributed by atoms with Crippen LogP contribution >= 0.6 is 0 Å². The van der Waals surface area contributed by atoms with Gasteiger partial charge in [-0.15, -0.1) is 0 Å². The molecule has 0 aliphatic carbocycles. The van der Waals surface area contributed by atoms with Crippen LogP contribution in [0.2, 0.25) is 0 Å². The second-order valence-corrected chi connectivity index (χ2v) is 2.58. The van der Waals surface area contributed by atoms with E-state index in [-0.39, 0.29) is 5.56 Å². The molecule has 4 heteroatoms. The first kappa shape index (κ1) is 8.90. The van der Waals surface area contributed by atoms with Crippen molar-refractivity contribution in [3.05, 3.63) is 28.4 Å². The Bertz CT molecular complexity index is 308. The maximum atomic E-state index is 11.8. The topological polar surface area (TPSA) is 34.9 Å². The van der Waals surface area contributed by atoms with Gasteiger partial charge in [0.2, 0.25) is 0 Å². The molecule has 12 heavy (non-hydrogen) atoms. The highest BCUT2D eigenvalue weighted by atomic mass is 19.1. The maximum absolute atomic E-state index is 11.8. The van der Waals surface area contributed by atoms with Crippen molar-refractivity contribution >= 4 is 0 Å². The standard InChI is InChI=1S/C8H11FN2O/c1-7-5-10-6-8(12)11(7)4-2-3-9/h5-6H,2-4H2,1H3. The molecular formula is C8H11FN2O. The van der Waals surface area contributed by atoms with Gasteiger partial charge in [-0.25, -0.2) is 0 Å². The number of aryl methyl sites for hydroxylation is 1. The van der Waals surface area contributed by atoms with E-state index in [4.69, 9.17) is 0 Å². The van der Waals surface area contributed by atoms with Crippen LogP contribution in [0.3, 0.4) is 0 Å². The molecule has 0 bridgehead atoms. The Morgan fingerprint density at radius 3 is 2.92 bits per heavy atom. The summed E-state index contributed by atoms with van der Waals surface area (Å²) in [6.07, 6.45) is 3.22. The number of halogens is 1. The van der Waals surface area contributed by atoms with Crippen molar-refractivity contribution in [1.82, 2.24) is 9.55 Å². The van der Waals surface area contributed by atoms with E-state index in [0.717, 1.165) is 5.69 Å². The molecule has 0 saturated carbocycles. The lowest BCUT2D eigenvalue weighted by molar-refractivity contribution is 0.440. The highest BCUT2D eigenvalue weighted by Gasteiger charge is 1.98. The van der Waals surface area contributed by atoms with E-state index in [2.05, 4.69) is 4.98 Å². The average Bonchev–Trinajstić information content (AvgIpc) is 2.04. The zero-order valence-electron chi connectivity index (χ0n) is 6.96. The number of alkyl halides is 1. The smallest absolute Gasteiger partial charge is 0.269 e. The normalized spacial score (nSPS) is 10.2. The Morgan fingerprint density at radius 2 is 2.33 bits per heavy atom. The molecule has 0 fully saturated rings. The van der Waals surface area contributed by atoms with E-state index in [1.54, 1.807) is 13.1 Å². The molecular weight excluding hydrogens is 159 g/mol. The largest absolute Gasteiger partial charge is 0.310 e. The lowest BCUT2D eigenvalue weighted by atomic mass is 10.4. The van der Waals surface area contributed by atoms with Crippen LogP contribution in [0.4, 0.5) is 4.39 Å².